The van der Waals surface area contributed by atoms with E-state index >= 15 is 0 Å². The fraction of sp³-hybridized carbons (Fsp3) is 0.421. The highest BCUT2D eigenvalue weighted by atomic mass is 35.5. The molecule has 0 aliphatic carbocycles. The van der Waals surface area contributed by atoms with E-state index in [1.54, 1.807) is 26.0 Å². The number of benzene rings is 1. The minimum absolute atomic E-state index is 0.335. The van der Waals surface area contributed by atoms with Gasteiger partial charge in [0.05, 0.1) is 18.7 Å². The van der Waals surface area contributed by atoms with Crippen molar-refractivity contribution < 1.29 is 28.6 Å². The number of ether oxygens (including phenoxy) is 3. The van der Waals surface area contributed by atoms with Crippen LogP contribution in [0.1, 0.15) is 32.8 Å². The largest absolute Gasteiger partial charge is 0.493 e. The van der Waals surface area contributed by atoms with Gasteiger partial charge in [-0.2, -0.15) is 0 Å². The Labute approximate surface area is 169 Å². The Kier molecular flexibility index (Phi) is 9.31. The smallest absolute Gasteiger partial charge is 0.331 e. The predicted molar refractivity (Wildman–Crippen MR) is 105 cm³/mol. The van der Waals surface area contributed by atoms with E-state index in [4.69, 9.17) is 31.5 Å². The summed E-state index contributed by atoms with van der Waals surface area (Å²) in [7, 11) is 1.48. The molecule has 0 aromatic heterocycles. The van der Waals surface area contributed by atoms with Crippen LogP contribution in [0.4, 0.5) is 4.79 Å². The maximum absolute atomic E-state index is 12.1. The third-order valence-corrected chi connectivity index (χ3v) is 3.75. The van der Waals surface area contributed by atoms with Gasteiger partial charge in [-0.05, 0) is 36.1 Å². The van der Waals surface area contributed by atoms with Gasteiger partial charge in [-0.25, -0.2) is 9.59 Å². The molecule has 0 aliphatic heterocycles. The minimum Gasteiger partial charge on any atom is -0.493 e. The SMILES string of the molecule is CCCOc1c(Cl)cc(/C=C/C(=O)O[C@@H](C(=O)NC(N)=O)C(C)C)cc1OC. The van der Waals surface area contributed by atoms with Crippen molar-refractivity contribution in [1.29, 1.82) is 0 Å². The topological polar surface area (TPSA) is 117 Å². The van der Waals surface area contributed by atoms with Gasteiger partial charge in [0.1, 0.15) is 0 Å². The summed E-state index contributed by atoms with van der Waals surface area (Å²) >= 11 is 6.23. The number of hydrogen-bond acceptors (Lipinski definition) is 6. The molecular weight excluding hydrogens is 388 g/mol. The fourth-order valence-corrected chi connectivity index (χ4v) is 2.47. The maximum atomic E-state index is 12.1. The molecule has 1 atom stereocenters. The van der Waals surface area contributed by atoms with Gasteiger partial charge in [0.15, 0.2) is 17.6 Å². The molecule has 0 bridgehead atoms. The zero-order chi connectivity index (χ0) is 21.3. The van der Waals surface area contributed by atoms with E-state index in [1.807, 2.05) is 12.2 Å². The molecule has 0 fully saturated rings. The molecule has 154 valence electrons. The Morgan fingerprint density at radius 3 is 2.50 bits per heavy atom. The number of carbonyl (C=O) groups is 3. The molecule has 0 heterocycles. The maximum Gasteiger partial charge on any atom is 0.331 e. The van der Waals surface area contributed by atoms with Gasteiger partial charge in [0, 0.05) is 6.08 Å². The second kappa shape index (κ2) is 11.2. The highest BCUT2D eigenvalue weighted by molar-refractivity contribution is 6.32. The van der Waals surface area contributed by atoms with Gasteiger partial charge in [-0.1, -0.05) is 32.4 Å². The van der Waals surface area contributed by atoms with Crippen LogP contribution in [0.25, 0.3) is 6.08 Å². The Bertz CT molecular complexity index is 748. The molecule has 0 aliphatic rings. The summed E-state index contributed by atoms with van der Waals surface area (Å²) in [5.41, 5.74) is 5.50. The third-order valence-electron chi connectivity index (χ3n) is 3.47. The Morgan fingerprint density at radius 1 is 1.29 bits per heavy atom. The van der Waals surface area contributed by atoms with E-state index in [1.165, 1.54) is 13.2 Å². The van der Waals surface area contributed by atoms with Crippen LogP contribution in [-0.4, -0.2) is 37.7 Å². The molecule has 0 unspecified atom stereocenters. The zero-order valence-corrected chi connectivity index (χ0v) is 17.0. The van der Waals surface area contributed by atoms with Crippen LogP contribution in [0.15, 0.2) is 18.2 Å². The molecular formula is C19H25ClN2O6. The normalized spacial score (nSPS) is 11.9. The lowest BCUT2D eigenvalue weighted by Gasteiger charge is -2.18. The van der Waals surface area contributed by atoms with E-state index in [0.29, 0.717) is 28.7 Å². The molecule has 3 amide bonds. The first-order valence-electron chi connectivity index (χ1n) is 8.68. The number of esters is 1. The summed E-state index contributed by atoms with van der Waals surface area (Å²) < 4.78 is 16.0. The number of halogens is 1. The van der Waals surface area contributed by atoms with Crippen LogP contribution < -0.4 is 20.5 Å². The second-order valence-corrected chi connectivity index (χ2v) is 6.58. The number of hydrogen-bond donors (Lipinski definition) is 2. The summed E-state index contributed by atoms with van der Waals surface area (Å²) in [4.78, 5) is 34.8. The van der Waals surface area contributed by atoms with Crippen LogP contribution in [-0.2, 0) is 14.3 Å². The number of urea groups is 1. The third kappa shape index (κ3) is 7.11. The van der Waals surface area contributed by atoms with Crippen molar-refractivity contribution in [1.82, 2.24) is 5.32 Å². The first-order chi connectivity index (χ1) is 13.2. The van der Waals surface area contributed by atoms with E-state index in [9.17, 15) is 14.4 Å². The fourth-order valence-electron chi connectivity index (χ4n) is 2.19. The summed E-state index contributed by atoms with van der Waals surface area (Å²) in [6, 6.07) is 2.24. The molecule has 0 spiro atoms. The van der Waals surface area contributed by atoms with Crippen LogP contribution >= 0.6 is 11.6 Å². The monoisotopic (exact) mass is 412 g/mol. The Morgan fingerprint density at radius 2 is 1.96 bits per heavy atom. The van der Waals surface area contributed by atoms with E-state index in [0.717, 1.165) is 12.5 Å². The quantitative estimate of drug-likeness (QED) is 0.475. The number of methoxy groups -OCH3 is 1. The van der Waals surface area contributed by atoms with Crippen LogP contribution in [0.3, 0.4) is 0 Å². The van der Waals surface area contributed by atoms with E-state index in [2.05, 4.69) is 0 Å². The summed E-state index contributed by atoms with van der Waals surface area (Å²) in [6.07, 6.45) is 2.26. The molecule has 28 heavy (non-hydrogen) atoms. The first-order valence-corrected chi connectivity index (χ1v) is 9.06. The Balaban J connectivity index is 2.91. The zero-order valence-electron chi connectivity index (χ0n) is 16.3. The molecule has 1 rings (SSSR count). The number of primary amides is 1. The van der Waals surface area contributed by atoms with Gasteiger partial charge >= 0.3 is 12.0 Å². The highest BCUT2D eigenvalue weighted by Crippen LogP contribution is 2.36. The van der Waals surface area contributed by atoms with Crippen molar-refractivity contribution in [2.24, 2.45) is 11.7 Å². The molecule has 8 nitrogen and oxygen atoms in total. The van der Waals surface area contributed by atoms with Gasteiger partial charge in [-0.3, -0.25) is 10.1 Å². The number of imide groups is 1. The van der Waals surface area contributed by atoms with Crippen molar-refractivity contribution in [2.45, 2.75) is 33.3 Å². The molecule has 0 saturated heterocycles. The van der Waals surface area contributed by atoms with Crippen molar-refractivity contribution >= 4 is 35.6 Å². The van der Waals surface area contributed by atoms with E-state index in [-0.39, 0.29) is 5.92 Å². The van der Waals surface area contributed by atoms with Gasteiger partial charge in [0.2, 0.25) is 0 Å². The molecule has 9 heteroatoms. The first kappa shape index (κ1) is 23.3. The summed E-state index contributed by atoms with van der Waals surface area (Å²) in [6.45, 7) is 5.79. The molecule has 3 N–H and O–H groups in total. The average Bonchev–Trinajstić information content (AvgIpc) is 2.62. The highest BCUT2D eigenvalue weighted by Gasteiger charge is 2.26. The Hall–Kier alpha value is -2.74. The lowest BCUT2D eigenvalue weighted by atomic mass is 10.1. The van der Waals surface area contributed by atoms with Crippen LogP contribution in [0.2, 0.25) is 5.02 Å². The van der Waals surface area contributed by atoms with E-state index < -0.39 is 24.0 Å². The van der Waals surface area contributed by atoms with Crippen molar-refractivity contribution in [3.63, 3.8) is 0 Å². The predicted octanol–water partition coefficient (Wildman–Crippen LogP) is 2.91. The number of nitrogens with two attached hydrogens (primary N) is 1. The number of amides is 3. The number of rotatable bonds is 9. The van der Waals surface area contributed by atoms with Crippen molar-refractivity contribution in [3.8, 4) is 11.5 Å². The van der Waals surface area contributed by atoms with Crippen molar-refractivity contribution in [2.75, 3.05) is 13.7 Å². The molecule has 1 aromatic carbocycles. The van der Waals surface area contributed by atoms with Crippen molar-refractivity contribution in [3.05, 3.63) is 28.8 Å². The molecule has 0 saturated carbocycles. The standard InChI is InChI=1S/C19H25ClN2O6/c1-5-8-27-17-13(20)9-12(10-14(17)26-4)6-7-15(23)28-16(11(2)3)18(24)22-19(21)25/h6-7,9-11,16H,5,8H2,1-4H3,(H3,21,22,24,25)/b7-6+/t16-/m1/s1. The molecule has 0 radical (unpaired) electrons. The van der Waals surface area contributed by atoms with Crippen LogP contribution in [0.5, 0.6) is 11.5 Å². The number of carbonyl (C=O) groups excluding carboxylic acids is 3. The van der Waals surface area contributed by atoms with Gasteiger partial charge in [-0.15, -0.1) is 0 Å². The number of nitrogens with one attached hydrogen (secondary N) is 1. The summed E-state index contributed by atoms with van der Waals surface area (Å²) in [5.74, 6) is -1.06. The van der Waals surface area contributed by atoms with Crippen LogP contribution in [0, 0.1) is 5.92 Å². The lowest BCUT2D eigenvalue weighted by molar-refractivity contribution is -0.153. The lowest BCUT2D eigenvalue weighted by Crippen LogP contribution is -2.45. The molecule has 1 aromatic rings. The average molecular weight is 413 g/mol. The minimum atomic E-state index is -1.16. The summed E-state index contributed by atoms with van der Waals surface area (Å²) in [5, 5.41) is 2.23. The van der Waals surface area contributed by atoms with Gasteiger partial charge in [0.25, 0.3) is 5.91 Å². The second-order valence-electron chi connectivity index (χ2n) is 6.17. The van der Waals surface area contributed by atoms with Gasteiger partial charge < -0.3 is 19.9 Å².